The SMILES string of the molecule is CC(C)(Br)C(=O)NC1CCN(CC(N)=O)CC1. The number of hydrogen-bond acceptors (Lipinski definition) is 3. The van der Waals surface area contributed by atoms with E-state index in [1.165, 1.54) is 0 Å². The van der Waals surface area contributed by atoms with Gasteiger partial charge < -0.3 is 11.1 Å². The van der Waals surface area contributed by atoms with Crippen LogP contribution in [0, 0.1) is 0 Å². The molecule has 0 spiro atoms. The molecule has 0 radical (unpaired) electrons. The average molecular weight is 306 g/mol. The highest BCUT2D eigenvalue weighted by atomic mass is 79.9. The predicted octanol–water partition coefficient (Wildman–Crippen LogP) is 0.226. The zero-order valence-electron chi connectivity index (χ0n) is 10.3. The van der Waals surface area contributed by atoms with Gasteiger partial charge in [-0.2, -0.15) is 0 Å². The second-order valence-electron chi connectivity index (χ2n) is 4.96. The minimum Gasteiger partial charge on any atom is -0.369 e. The van der Waals surface area contributed by atoms with E-state index in [1.54, 1.807) is 0 Å². The summed E-state index contributed by atoms with van der Waals surface area (Å²) in [5, 5.41) is 3.00. The third-order valence-corrected chi connectivity index (χ3v) is 3.20. The Morgan fingerprint density at radius 1 is 1.41 bits per heavy atom. The minimum absolute atomic E-state index is 0.00542. The maximum absolute atomic E-state index is 11.7. The van der Waals surface area contributed by atoms with Crippen molar-refractivity contribution in [1.82, 2.24) is 10.2 Å². The number of rotatable bonds is 4. The largest absolute Gasteiger partial charge is 0.369 e. The lowest BCUT2D eigenvalue weighted by atomic mass is 10.0. The number of nitrogens with one attached hydrogen (secondary N) is 1. The molecule has 1 heterocycles. The molecule has 0 aromatic heterocycles. The van der Waals surface area contributed by atoms with E-state index in [-0.39, 0.29) is 17.9 Å². The van der Waals surface area contributed by atoms with E-state index >= 15 is 0 Å². The zero-order chi connectivity index (χ0) is 13.1. The number of primary amides is 1. The highest BCUT2D eigenvalue weighted by Crippen LogP contribution is 2.17. The molecule has 0 bridgehead atoms. The van der Waals surface area contributed by atoms with Crippen LogP contribution in [0.1, 0.15) is 26.7 Å². The number of amides is 2. The fourth-order valence-corrected chi connectivity index (χ4v) is 1.93. The van der Waals surface area contributed by atoms with E-state index in [1.807, 2.05) is 18.7 Å². The van der Waals surface area contributed by atoms with Gasteiger partial charge in [-0.05, 0) is 26.7 Å². The van der Waals surface area contributed by atoms with Crippen LogP contribution < -0.4 is 11.1 Å². The first-order valence-corrected chi connectivity index (χ1v) is 6.59. The highest BCUT2D eigenvalue weighted by Gasteiger charge is 2.28. The summed E-state index contributed by atoms with van der Waals surface area (Å²) >= 11 is 3.33. The van der Waals surface area contributed by atoms with Crippen LogP contribution >= 0.6 is 15.9 Å². The summed E-state index contributed by atoms with van der Waals surface area (Å²) in [6, 6.07) is 0.198. The number of hydrogen-bond donors (Lipinski definition) is 2. The maximum atomic E-state index is 11.7. The second-order valence-corrected chi connectivity index (χ2v) is 6.95. The third-order valence-electron chi connectivity index (χ3n) is 2.84. The lowest BCUT2D eigenvalue weighted by Crippen LogP contribution is -2.49. The number of piperidine rings is 1. The van der Waals surface area contributed by atoms with Gasteiger partial charge in [0.2, 0.25) is 11.8 Å². The van der Waals surface area contributed by atoms with Crippen LogP contribution in [-0.4, -0.2) is 46.7 Å². The van der Waals surface area contributed by atoms with Crippen molar-refractivity contribution >= 4 is 27.7 Å². The molecule has 6 heteroatoms. The molecule has 1 rings (SSSR count). The first kappa shape index (κ1) is 14.4. The molecule has 1 aliphatic rings. The van der Waals surface area contributed by atoms with Crippen molar-refractivity contribution in [3.63, 3.8) is 0 Å². The molecule has 17 heavy (non-hydrogen) atoms. The zero-order valence-corrected chi connectivity index (χ0v) is 11.9. The summed E-state index contributed by atoms with van der Waals surface area (Å²) in [4.78, 5) is 24.5. The van der Waals surface area contributed by atoms with E-state index in [4.69, 9.17) is 5.73 Å². The summed E-state index contributed by atoms with van der Waals surface area (Å²) in [5.74, 6) is -0.292. The van der Waals surface area contributed by atoms with Gasteiger partial charge in [0.15, 0.2) is 0 Å². The van der Waals surface area contributed by atoms with Gasteiger partial charge >= 0.3 is 0 Å². The number of nitrogens with two attached hydrogens (primary N) is 1. The Hall–Kier alpha value is -0.620. The number of halogens is 1. The molecule has 5 nitrogen and oxygen atoms in total. The molecule has 1 aliphatic heterocycles. The number of alkyl halides is 1. The Bertz CT molecular complexity index is 294. The molecule has 3 N–H and O–H groups in total. The van der Waals surface area contributed by atoms with E-state index in [0.29, 0.717) is 6.54 Å². The molecule has 0 atom stereocenters. The standard InChI is InChI=1S/C11H20BrN3O2/c1-11(2,12)10(17)14-8-3-5-15(6-4-8)7-9(13)16/h8H,3-7H2,1-2H3,(H2,13,16)(H,14,17). The van der Waals surface area contributed by atoms with Crippen molar-refractivity contribution in [3.8, 4) is 0 Å². The van der Waals surface area contributed by atoms with Crippen molar-refractivity contribution in [2.45, 2.75) is 37.1 Å². The van der Waals surface area contributed by atoms with Crippen molar-refractivity contribution in [2.75, 3.05) is 19.6 Å². The molecule has 1 fully saturated rings. The van der Waals surface area contributed by atoms with Gasteiger partial charge in [0.25, 0.3) is 0 Å². The topological polar surface area (TPSA) is 75.4 Å². The van der Waals surface area contributed by atoms with Crippen LogP contribution in [0.15, 0.2) is 0 Å². The van der Waals surface area contributed by atoms with Crippen LogP contribution in [0.2, 0.25) is 0 Å². The summed E-state index contributed by atoms with van der Waals surface area (Å²) in [6.45, 7) is 5.56. The lowest BCUT2D eigenvalue weighted by Gasteiger charge is -2.32. The van der Waals surface area contributed by atoms with E-state index < -0.39 is 4.32 Å². The summed E-state index contributed by atoms with van der Waals surface area (Å²) in [5.41, 5.74) is 5.14. The molecule has 98 valence electrons. The Morgan fingerprint density at radius 3 is 2.35 bits per heavy atom. The van der Waals surface area contributed by atoms with Crippen molar-refractivity contribution in [2.24, 2.45) is 5.73 Å². The van der Waals surface area contributed by atoms with Crippen molar-refractivity contribution in [3.05, 3.63) is 0 Å². The molecule has 0 aromatic carbocycles. The third kappa shape index (κ3) is 5.04. The molecule has 0 aromatic rings. The number of carbonyl (C=O) groups is 2. The molecular weight excluding hydrogens is 286 g/mol. The van der Waals surface area contributed by atoms with Gasteiger partial charge in [-0.15, -0.1) is 0 Å². The van der Waals surface area contributed by atoms with Crippen molar-refractivity contribution < 1.29 is 9.59 Å². The van der Waals surface area contributed by atoms with Gasteiger partial charge in [0.1, 0.15) is 0 Å². The van der Waals surface area contributed by atoms with Crippen LogP contribution in [0.25, 0.3) is 0 Å². The van der Waals surface area contributed by atoms with Gasteiger partial charge in [-0.1, -0.05) is 15.9 Å². The summed E-state index contributed by atoms with van der Waals surface area (Å²) in [6.07, 6.45) is 1.73. The fourth-order valence-electron chi connectivity index (χ4n) is 1.81. The molecule has 0 unspecified atom stereocenters. The van der Waals surface area contributed by atoms with Crippen LogP contribution in [-0.2, 0) is 9.59 Å². The number of carbonyl (C=O) groups excluding carboxylic acids is 2. The minimum atomic E-state index is -0.530. The molecule has 1 saturated heterocycles. The highest BCUT2D eigenvalue weighted by molar-refractivity contribution is 9.10. The fraction of sp³-hybridized carbons (Fsp3) is 0.818. The molecule has 0 aliphatic carbocycles. The van der Waals surface area contributed by atoms with E-state index in [9.17, 15) is 9.59 Å². The molecule has 2 amide bonds. The quantitative estimate of drug-likeness (QED) is 0.730. The van der Waals surface area contributed by atoms with Gasteiger partial charge in [0, 0.05) is 19.1 Å². The molecular formula is C11H20BrN3O2. The molecule has 0 saturated carbocycles. The maximum Gasteiger partial charge on any atom is 0.236 e. The van der Waals surface area contributed by atoms with Crippen LogP contribution in [0.3, 0.4) is 0 Å². The van der Waals surface area contributed by atoms with Crippen molar-refractivity contribution in [1.29, 1.82) is 0 Å². The Labute approximate surface area is 110 Å². The summed E-state index contributed by atoms with van der Waals surface area (Å²) in [7, 11) is 0. The normalized spacial score (nSPS) is 19.0. The monoisotopic (exact) mass is 305 g/mol. The van der Waals surface area contributed by atoms with E-state index in [2.05, 4.69) is 21.2 Å². The second kappa shape index (κ2) is 5.82. The van der Waals surface area contributed by atoms with Crippen LogP contribution in [0.4, 0.5) is 0 Å². The van der Waals surface area contributed by atoms with E-state index in [0.717, 1.165) is 25.9 Å². The Balaban J connectivity index is 2.33. The average Bonchev–Trinajstić information content (AvgIpc) is 2.18. The number of likely N-dealkylation sites (tertiary alicyclic amines) is 1. The lowest BCUT2D eigenvalue weighted by molar-refractivity contribution is -0.124. The predicted molar refractivity (Wildman–Crippen MR) is 69.8 cm³/mol. The summed E-state index contributed by atoms with van der Waals surface area (Å²) < 4.78 is -0.530. The van der Waals surface area contributed by atoms with Gasteiger partial charge in [-0.3, -0.25) is 14.5 Å². The number of nitrogens with zero attached hydrogens (tertiary/aromatic N) is 1. The van der Waals surface area contributed by atoms with Gasteiger partial charge in [-0.25, -0.2) is 0 Å². The smallest absolute Gasteiger partial charge is 0.236 e. The first-order valence-electron chi connectivity index (χ1n) is 5.79. The van der Waals surface area contributed by atoms with Crippen LogP contribution in [0.5, 0.6) is 0 Å². The first-order chi connectivity index (χ1) is 7.79. The Kier molecular flexibility index (Phi) is 4.94. The van der Waals surface area contributed by atoms with Gasteiger partial charge in [0.05, 0.1) is 10.9 Å². The Morgan fingerprint density at radius 2 is 1.94 bits per heavy atom.